The second kappa shape index (κ2) is 10.5. The zero-order chi connectivity index (χ0) is 23.3. The summed E-state index contributed by atoms with van der Waals surface area (Å²) in [7, 11) is 4.07. The van der Waals surface area contributed by atoms with Gasteiger partial charge >= 0.3 is 0 Å². The summed E-state index contributed by atoms with van der Waals surface area (Å²) in [5.41, 5.74) is 4.49. The molecule has 2 fully saturated rings. The molecular weight excluding hydrogens is 426 g/mol. The van der Waals surface area contributed by atoms with Gasteiger partial charge in [-0.1, -0.05) is 42.5 Å². The van der Waals surface area contributed by atoms with Gasteiger partial charge in [-0.2, -0.15) is 0 Å². The van der Waals surface area contributed by atoms with Crippen molar-refractivity contribution < 1.29 is 9.47 Å². The van der Waals surface area contributed by atoms with Crippen LogP contribution >= 0.6 is 0 Å². The van der Waals surface area contributed by atoms with Gasteiger partial charge in [-0.3, -0.25) is 0 Å². The Morgan fingerprint density at radius 3 is 2.41 bits per heavy atom. The van der Waals surface area contributed by atoms with Gasteiger partial charge in [0.25, 0.3) is 0 Å². The maximum absolute atomic E-state index is 6.13. The van der Waals surface area contributed by atoms with E-state index in [1.54, 1.807) is 6.20 Å². The zero-order valence-corrected chi connectivity index (χ0v) is 19.9. The number of nitrogens with one attached hydrogen (secondary N) is 2. The van der Waals surface area contributed by atoms with Crippen molar-refractivity contribution in [1.29, 1.82) is 0 Å². The molecular formula is C27H33N5O2. The fraction of sp³-hybridized carbons (Fsp3) is 0.407. The van der Waals surface area contributed by atoms with E-state index < -0.39 is 0 Å². The third-order valence-corrected chi connectivity index (χ3v) is 6.59. The molecule has 0 radical (unpaired) electrons. The topological polar surface area (TPSA) is 71.5 Å². The second-order valence-electron chi connectivity index (χ2n) is 9.20. The van der Waals surface area contributed by atoms with Gasteiger partial charge in [-0.15, -0.1) is 0 Å². The Hall–Kier alpha value is -3.00. The van der Waals surface area contributed by atoms with Gasteiger partial charge in [0.2, 0.25) is 5.95 Å². The molecule has 3 heterocycles. The molecule has 5 rings (SSSR count). The van der Waals surface area contributed by atoms with Crippen molar-refractivity contribution in [2.75, 3.05) is 44.1 Å². The van der Waals surface area contributed by atoms with Crippen LogP contribution < -0.4 is 15.5 Å². The van der Waals surface area contributed by atoms with E-state index in [1.807, 2.05) is 20.2 Å². The quantitative estimate of drug-likeness (QED) is 0.476. The van der Waals surface area contributed by atoms with E-state index in [1.165, 1.54) is 5.56 Å². The van der Waals surface area contributed by atoms with Gasteiger partial charge in [0.1, 0.15) is 12.2 Å². The fourth-order valence-corrected chi connectivity index (χ4v) is 4.71. The monoisotopic (exact) mass is 459 g/mol. The average molecular weight is 460 g/mol. The summed E-state index contributed by atoms with van der Waals surface area (Å²) >= 11 is 0. The number of aromatic nitrogens is 2. The number of benzene rings is 2. The third kappa shape index (κ3) is 5.22. The molecule has 2 saturated heterocycles. The first-order chi connectivity index (χ1) is 16.7. The number of ether oxygens (including phenoxy) is 2. The Labute approximate surface area is 201 Å². The van der Waals surface area contributed by atoms with Crippen molar-refractivity contribution in [3.63, 3.8) is 0 Å². The van der Waals surface area contributed by atoms with E-state index in [0.29, 0.717) is 19.2 Å². The van der Waals surface area contributed by atoms with Crippen LogP contribution in [0.5, 0.6) is 0 Å². The summed E-state index contributed by atoms with van der Waals surface area (Å²) in [4.78, 5) is 11.3. The smallest absolute Gasteiger partial charge is 0.223 e. The summed E-state index contributed by atoms with van der Waals surface area (Å²) in [6, 6.07) is 21.2. The Balaban J connectivity index is 1.14. The Morgan fingerprint density at radius 2 is 1.65 bits per heavy atom. The predicted octanol–water partition coefficient (Wildman–Crippen LogP) is 3.38. The van der Waals surface area contributed by atoms with Crippen molar-refractivity contribution in [2.45, 2.75) is 37.1 Å². The Morgan fingerprint density at radius 1 is 0.912 bits per heavy atom. The third-order valence-electron chi connectivity index (χ3n) is 6.59. The molecule has 4 unspecified atom stereocenters. The van der Waals surface area contributed by atoms with Crippen LogP contribution in [0.4, 0.5) is 11.6 Å². The van der Waals surface area contributed by atoms with Crippen LogP contribution in [0, 0.1) is 0 Å². The molecule has 2 aliphatic rings. The summed E-state index contributed by atoms with van der Waals surface area (Å²) in [5, 5.41) is 7.09. The van der Waals surface area contributed by atoms with E-state index in [0.717, 1.165) is 36.3 Å². The molecule has 7 nitrogen and oxygen atoms in total. The molecule has 3 aromatic rings. The van der Waals surface area contributed by atoms with Gasteiger partial charge in [-0.25, -0.2) is 9.97 Å². The maximum Gasteiger partial charge on any atom is 0.223 e. The lowest BCUT2D eigenvalue weighted by molar-refractivity contribution is 0.0676. The lowest BCUT2D eigenvalue weighted by Crippen LogP contribution is -2.42. The van der Waals surface area contributed by atoms with Crippen molar-refractivity contribution >= 4 is 11.6 Å². The number of rotatable bonds is 9. The summed E-state index contributed by atoms with van der Waals surface area (Å²) in [6.07, 6.45) is 4.01. The van der Waals surface area contributed by atoms with Crippen molar-refractivity contribution in [3.05, 3.63) is 72.4 Å². The molecule has 7 heteroatoms. The molecule has 2 aromatic carbocycles. The number of anilines is 2. The molecule has 4 atom stereocenters. The SMILES string of the molecule is CN(C)c1ccc(-c2ccnc(NC3COC4C(NCCCc5ccccc5)COC34)n2)cc1. The first kappa shape index (κ1) is 22.8. The van der Waals surface area contributed by atoms with Crippen LogP contribution in [-0.2, 0) is 15.9 Å². The highest BCUT2D eigenvalue weighted by atomic mass is 16.6. The van der Waals surface area contributed by atoms with E-state index in [-0.39, 0.29) is 24.3 Å². The normalized spacial score (nSPS) is 23.6. The molecule has 0 amide bonds. The van der Waals surface area contributed by atoms with Gasteiger partial charge in [0, 0.05) is 31.5 Å². The van der Waals surface area contributed by atoms with Gasteiger partial charge < -0.3 is 25.0 Å². The van der Waals surface area contributed by atoms with E-state index >= 15 is 0 Å². The van der Waals surface area contributed by atoms with Crippen LogP contribution in [0.25, 0.3) is 11.3 Å². The minimum absolute atomic E-state index is 0.00162. The lowest BCUT2D eigenvalue weighted by Gasteiger charge is -2.18. The summed E-state index contributed by atoms with van der Waals surface area (Å²) < 4.78 is 12.3. The molecule has 0 spiro atoms. The van der Waals surface area contributed by atoms with Crippen LogP contribution in [0.2, 0.25) is 0 Å². The molecule has 34 heavy (non-hydrogen) atoms. The van der Waals surface area contributed by atoms with Crippen LogP contribution in [0.3, 0.4) is 0 Å². The number of hydrogen-bond acceptors (Lipinski definition) is 7. The van der Waals surface area contributed by atoms with Crippen molar-refractivity contribution in [2.24, 2.45) is 0 Å². The molecule has 0 aliphatic carbocycles. The molecule has 178 valence electrons. The van der Waals surface area contributed by atoms with Crippen molar-refractivity contribution in [3.8, 4) is 11.3 Å². The van der Waals surface area contributed by atoms with Crippen molar-refractivity contribution in [1.82, 2.24) is 15.3 Å². The lowest BCUT2D eigenvalue weighted by atomic mass is 10.1. The summed E-state index contributed by atoms with van der Waals surface area (Å²) in [5.74, 6) is 0.603. The maximum atomic E-state index is 6.13. The number of hydrogen-bond donors (Lipinski definition) is 2. The number of nitrogens with zero attached hydrogens (tertiary/aromatic N) is 3. The van der Waals surface area contributed by atoms with Crippen LogP contribution in [0.1, 0.15) is 12.0 Å². The number of fused-ring (bicyclic) bond motifs is 1. The molecule has 2 N–H and O–H groups in total. The highest BCUT2D eigenvalue weighted by Crippen LogP contribution is 2.29. The summed E-state index contributed by atoms with van der Waals surface area (Å²) in [6.45, 7) is 2.20. The van der Waals surface area contributed by atoms with E-state index in [9.17, 15) is 0 Å². The molecule has 2 aliphatic heterocycles. The van der Waals surface area contributed by atoms with Gasteiger partial charge in [-0.05, 0) is 43.1 Å². The average Bonchev–Trinajstić information content (AvgIpc) is 3.46. The molecule has 1 aromatic heterocycles. The zero-order valence-electron chi connectivity index (χ0n) is 19.9. The first-order valence-corrected chi connectivity index (χ1v) is 12.1. The standard InChI is InChI=1S/C27H33N5O2/c1-32(2)21-12-10-20(11-13-21)22-14-16-29-27(30-22)31-24-18-34-25-23(17-33-26(24)25)28-15-6-9-19-7-4-3-5-8-19/h3-5,7-8,10-14,16,23-26,28H,6,9,15,17-18H2,1-2H3,(H,29,30,31). The highest BCUT2D eigenvalue weighted by Gasteiger charge is 2.47. The van der Waals surface area contributed by atoms with Gasteiger partial charge in [0.05, 0.1) is 31.0 Å². The second-order valence-corrected chi connectivity index (χ2v) is 9.20. The van der Waals surface area contributed by atoms with Crippen LogP contribution in [-0.4, -0.2) is 68.1 Å². The molecule has 0 saturated carbocycles. The van der Waals surface area contributed by atoms with E-state index in [4.69, 9.17) is 14.5 Å². The fourth-order valence-electron chi connectivity index (χ4n) is 4.71. The largest absolute Gasteiger partial charge is 0.378 e. The van der Waals surface area contributed by atoms with Gasteiger partial charge in [0.15, 0.2) is 0 Å². The number of aryl methyl sites for hydroxylation is 1. The first-order valence-electron chi connectivity index (χ1n) is 12.1. The Bertz CT molecular complexity index is 1060. The van der Waals surface area contributed by atoms with E-state index in [2.05, 4.69) is 75.1 Å². The predicted molar refractivity (Wildman–Crippen MR) is 135 cm³/mol. The molecule has 0 bridgehead atoms. The minimum atomic E-state index is -0.00162. The highest BCUT2D eigenvalue weighted by molar-refractivity contribution is 5.63. The minimum Gasteiger partial charge on any atom is -0.378 e. The Kier molecular flexibility index (Phi) is 7.04. The van der Waals surface area contributed by atoms with Crippen LogP contribution in [0.15, 0.2) is 66.9 Å².